The van der Waals surface area contributed by atoms with E-state index in [0.29, 0.717) is 5.56 Å². The molecule has 1 aromatic carbocycles. The van der Waals surface area contributed by atoms with E-state index >= 15 is 0 Å². The van der Waals surface area contributed by atoms with Crippen LogP contribution in [0.15, 0.2) is 18.2 Å². The lowest BCUT2D eigenvalue weighted by Gasteiger charge is -2.10. The molecule has 0 amide bonds. The Balaban J connectivity index is 0.00000256. The Morgan fingerprint density at radius 2 is 2.24 bits per heavy atom. The van der Waals surface area contributed by atoms with Crippen LogP contribution in [-0.2, 0) is 11.2 Å². The molecule has 0 aliphatic carbocycles. The van der Waals surface area contributed by atoms with E-state index < -0.39 is 17.7 Å². The van der Waals surface area contributed by atoms with Crippen LogP contribution in [0.25, 0.3) is 0 Å². The van der Waals surface area contributed by atoms with Gasteiger partial charge in [0.15, 0.2) is 11.6 Å². The van der Waals surface area contributed by atoms with Gasteiger partial charge in [-0.25, -0.2) is 4.39 Å². The third-order valence-electron chi connectivity index (χ3n) is 2.33. The zero-order valence-corrected chi connectivity index (χ0v) is 10.2. The molecule has 0 aromatic heterocycles. The van der Waals surface area contributed by atoms with E-state index in [1.165, 1.54) is 19.2 Å². The van der Waals surface area contributed by atoms with E-state index in [-0.39, 0.29) is 31.1 Å². The van der Waals surface area contributed by atoms with Gasteiger partial charge in [-0.05, 0) is 24.1 Å². The Bertz CT molecular complexity index is 387. The van der Waals surface area contributed by atoms with Gasteiger partial charge in [-0.1, -0.05) is 6.07 Å². The van der Waals surface area contributed by atoms with E-state index in [2.05, 4.69) is 0 Å². The first-order valence-corrected chi connectivity index (χ1v) is 4.83. The molecule has 6 heteroatoms. The molecule has 0 spiro atoms. The van der Waals surface area contributed by atoms with Gasteiger partial charge in [0, 0.05) is 6.54 Å². The van der Waals surface area contributed by atoms with E-state index in [1.54, 1.807) is 6.07 Å². The SMILES string of the molecule is COc1ccc(CC(CN)C(=O)O)cc1F.Cl. The summed E-state index contributed by atoms with van der Waals surface area (Å²) in [5, 5.41) is 8.81. The number of carbonyl (C=O) groups is 1. The van der Waals surface area contributed by atoms with Gasteiger partial charge >= 0.3 is 5.97 Å². The van der Waals surface area contributed by atoms with Crippen LogP contribution >= 0.6 is 12.4 Å². The molecule has 1 rings (SSSR count). The summed E-state index contributed by atoms with van der Waals surface area (Å²) in [6.07, 6.45) is 0.215. The number of ether oxygens (including phenoxy) is 1. The molecule has 1 aromatic rings. The van der Waals surface area contributed by atoms with Crippen molar-refractivity contribution in [3.8, 4) is 5.75 Å². The van der Waals surface area contributed by atoms with Gasteiger partial charge in [0.1, 0.15) is 0 Å². The first-order chi connectivity index (χ1) is 7.58. The molecule has 0 fully saturated rings. The maximum absolute atomic E-state index is 13.3. The lowest BCUT2D eigenvalue weighted by atomic mass is 9.99. The molecule has 3 N–H and O–H groups in total. The highest BCUT2D eigenvalue weighted by atomic mass is 35.5. The average Bonchev–Trinajstić information content (AvgIpc) is 2.25. The average molecular weight is 264 g/mol. The summed E-state index contributed by atoms with van der Waals surface area (Å²) in [4.78, 5) is 10.7. The van der Waals surface area contributed by atoms with Crippen LogP contribution in [-0.4, -0.2) is 24.7 Å². The van der Waals surface area contributed by atoms with Crippen molar-refractivity contribution in [3.63, 3.8) is 0 Å². The highest BCUT2D eigenvalue weighted by Gasteiger charge is 2.16. The van der Waals surface area contributed by atoms with Crippen LogP contribution in [0.2, 0.25) is 0 Å². The highest BCUT2D eigenvalue weighted by molar-refractivity contribution is 5.85. The monoisotopic (exact) mass is 263 g/mol. The molecule has 0 aliphatic rings. The largest absolute Gasteiger partial charge is 0.494 e. The predicted octanol–water partition coefficient (Wildman–Crippen LogP) is 1.46. The van der Waals surface area contributed by atoms with Crippen molar-refractivity contribution >= 4 is 18.4 Å². The Hall–Kier alpha value is -1.33. The second-order valence-electron chi connectivity index (χ2n) is 3.44. The van der Waals surface area contributed by atoms with Crippen LogP contribution in [0, 0.1) is 11.7 Å². The summed E-state index contributed by atoms with van der Waals surface area (Å²) in [5.74, 6) is -2.02. The predicted molar refractivity (Wildman–Crippen MR) is 64.1 cm³/mol. The van der Waals surface area contributed by atoms with E-state index in [4.69, 9.17) is 15.6 Å². The molecule has 4 nitrogen and oxygen atoms in total. The number of hydrogen-bond donors (Lipinski definition) is 2. The van der Waals surface area contributed by atoms with Crippen molar-refractivity contribution in [3.05, 3.63) is 29.6 Å². The van der Waals surface area contributed by atoms with Gasteiger partial charge in [-0.2, -0.15) is 0 Å². The molecule has 96 valence electrons. The van der Waals surface area contributed by atoms with Gasteiger partial charge in [0.25, 0.3) is 0 Å². The number of methoxy groups -OCH3 is 1. The minimum absolute atomic E-state index is 0. The second-order valence-corrected chi connectivity index (χ2v) is 3.44. The Labute approximate surface area is 105 Å². The lowest BCUT2D eigenvalue weighted by molar-refractivity contribution is -0.141. The minimum Gasteiger partial charge on any atom is -0.494 e. The molecule has 0 saturated heterocycles. The number of rotatable bonds is 5. The van der Waals surface area contributed by atoms with Gasteiger partial charge in [-0.3, -0.25) is 4.79 Å². The van der Waals surface area contributed by atoms with E-state index in [0.717, 1.165) is 0 Å². The smallest absolute Gasteiger partial charge is 0.308 e. The maximum atomic E-state index is 13.3. The first kappa shape index (κ1) is 15.7. The lowest BCUT2D eigenvalue weighted by Crippen LogP contribution is -2.25. The summed E-state index contributed by atoms with van der Waals surface area (Å²) < 4.78 is 18.1. The summed E-state index contributed by atoms with van der Waals surface area (Å²) in [6, 6.07) is 4.37. The van der Waals surface area contributed by atoms with Crippen LogP contribution in [0.5, 0.6) is 5.75 Å². The standard InChI is InChI=1S/C11H14FNO3.ClH/c1-16-10-3-2-7(5-9(10)12)4-8(6-13)11(14)15;/h2-3,5,8H,4,6,13H2,1H3,(H,14,15);1H. The molecular formula is C11H15ClFNO3. The van der Waals surface area contributed by atoms with Crippen LogP contribution in [0.4, 0.5) is 4.39 Å². The van der Waals surface area contributed by atoms with E-state index in [1.807, 2.05) is 0 Å². The zero-order valence-electron chi connectivity index (χ0n) is 9.35. The Morgan fingerprint density at radius 1 is 1.59 bits per heavy atom. The van der Waals surface area contributed by atoms with Crippen molar-refractivity contribution in [2.24, 2.45) is 11.7 Å². The molecular weight excluding hydrogens is 249 g/mol. The number of carboxylic acid groups (broad SMARTS) is 1. The molecule has 17 heavy (non-hydrogen) atoms. The molecule has 0 radical (unpaired) electrons. The summed E-state index contributed by atoms with van der Waals surface area (Å²) in [7, 11) is 1.37. The number of hydrogen-bond acceptors (Lipinski definition) is 3. The minimum atomic E-state index is -0.973. The highest BCUT2D eigenvalue weighted by Crippen LogP contribution is 2.19. The normalized spacial score (nSPS) is 11.5. The van der Waals surface area contributed by atoms with Crippen LogP contribution in [0.3, 0.4) is 0 Å². The van der Waals surface area contributed by atoms with Gasteiger partial charge in [0.2, 0.25) is 0 Å². The number of nitrogens with two attached hydrogens (primary N) is 1. The number of halogens is 2. The number of benzene rings is 1. The quantitative estimate of drug-likeness (QED) is 0.844. The molecule has 0 bridgehead atoms. The number of carboxylic acids is 1. The fourth-order valence-corrected chi connectivity index (χ4v) is 1.39. The fraction of sp³-hybridized carbons (Fsp3) is 0.364. The van der Waals surface area contributed by atoms with Crippen LogP contribution in [0.1, 0.15) is 5.56 Å². The molecule has 1 unspecified atom stereocenters. The van der Waals surface area contributed by atoms with E-state index in [9.17, 15) is 9.18 Å². The Kier molecular flexibility index (Phi) is 6.53. The first-order valence-electron chi connectivity index (χ1n) is 4.83. The third kappa shape index (κ3) is 4.20. The molecule has 0 aliphatic heterocycles. The Morgan fingerprint density at radius 3 is 2.65 bits per heavy atom. The third-order valence-corrected chi connectivity index (χ3v) is 2.33. The summed E-state index contributed by atoms with van der Waals surface area (Å²) in [5.41, 5.74) is 5.91. The zero-order chi connectivity index (χ0) is 12.1. The molecule has 1 atom stereocenters. The van der Waals surface area contributed by atoms with Crippen molar-refractivity contribution in [1.82, 2.24) is 0 Å². The molecule has 0 heterocycles. The molecule has 0 saturated carbocycles. The van der Waals surface area contributed by atoms with Gasteiger partial charge in [0.05, 0.1) is 13.0 Å². The van der Waals surface area contributed by atoms with Crippen molar-refractivity contribution in [2.75, 3.05) is 13.7 Å². The van der Waals surface area contributed by atoms with Crippen molar-refractivity contribution in [1.29, 1.82) is 0 Å². The topological polar surface area (TPSA) is 72.5 Å². The van der Waals surface area contributed by atoms with Crippen LogP contribution < -0.4 is 10.5 Å². The van der Waals surface area contributed by atoms with Gasteiger partial charge in [-0.15, -0.1) is 12.4 Å². The fourth-order valence-electron chi connectivity index (χ4n) is 1.39. The maximum Gasteiger partial charge on any atom is 0.308 e. The second kappa shape index (κ2) is 7.09. The summed E-state index contributed by atoms with van der Waals surface area (Å²) >= 11 is 0. The van der Waals surface area contributed by atoms with Crippen molar-refractivity contribution < 1.29 is 19.0 Å². The summed E-state index contributed by atoms with van der Waals surface area (Å²) in [6.45, 7) is 0.0307. The van der Waals surface area contributed by atoms with Gasteiger partial charge < -0.3 is 15.6 Å². The number of aliphatic carboxylic acids is 1. The van der Waals surface area contributed by atoms with Crippen molar-refractivity contribution in [2.45, 2.75) is 6.42 Å².